The Morgan fingerprint density at radius 2 is 1.88 bits per heavy atom. The van der Waals surface area contributed by atoms with E-state index in [0.29, 0.717) is 0 Å². The Balaban J connectivity index is 2.91. The van der Waals surface area contributed by atoms with E-state index in [-0.39, 0.29) is 5.75 Å². The van der Waals surface area contributed by atoms with Crippen LogP contribution < -0.4 is 0 Å². The highest BCUT2D eigenvalue weighted by atomic mass is 32.2. The molecular weight excluding hydrogens is 226 g/mol. The van der Waals surface area contributed by atoms with Crippen molar-refractivity contribution in [3.8, 4) is 0 Å². The lowest BCUT2D eigenvalue weighted by atomic mass is 10.1. The Morgan fingerprint density at radius 1 is 1.31 bits per heavy atom. The van der Waals surface area contributed by atoms with E-state index in [0.717, 1.165) is 9.87 Å². The molecule has 6 heteroatoms. The van der Waals surface area contributed by atoms with Crippen LogP contribution in [0.15, 0.2) is 35.4 Å². The fourth-order valence-corrected chi connectivity index (χ4v) is 2.20. The standard InChI is InChI=1S/C10H15N3O2S/c1-13(2)16(14,15)8-10(12-11)9-6-4-3-5-7-9/h3-7,10-11H,8H2,1-2H3. The molecule has 1 atom stereocenters. The van der Waals surface area contributed by atoms with Crippen molar-refractivity contribution in [2.75, 3.05) is 19.8 Å². The third-order valence-electron chi connectivity index (χ3n) is 2.27. The molecule has 0 aliphatic heterocycles. The van der Waals surface area contributed by atoms with Crippen molar-refractivity contribution >= 4 is 10.0 Å². The largest absolute Gasteiger partial charge is 0.216 e. The lowest BCUT2D eigenvalue weighted by Crippen LogP contribution is -2.27. The van der Waals surface area contributed by atoms with Gasteiger partial charge in [-0.1, -0.05) is 30.3 Å². The second-order valence-electron chi connectivity index (χ2n) is 3.62. The quantitative estimate of drug-likeness (QED) is 0.796. The maximum atomic E-state index is 11.7. The minimum absolute atomic E-state index is 0.173. The fourth-order valence-electron chi connectivity index (χ4n) is 1.23. The van der Waals surface area contributed by atoms with Gasteiger partial charge in [0.25, 0.3) is 0 Å². The van der Waals surface area contributed by atoms with Gasteiger partial charge in [0.2, 0.25) is 10.0 Å². The average molecular weight is 241 g/mol. The Kier molecular flexibility index (Phi) is 4.14. The molecule has 88 valence electrons. The van der Waals surface area contributed by atoms with E-state index in [2.05, 4.69) is 5.11 Å². The smallest absolute Gasteiger partial charge is 0.212 e. The van der Waals surface area contributed by atoms with Crippen LogP contribution in [-0.2, 0) is 10.0 Å². The molecule has 0 aliphatic rings. The van der Waals surface area contributed by atoms with Crippen molar-refractivity contribution in [2.24, 2.45) is 5.11 Å². The second kappa shape index (κ2) is 5.18. The molecule has 0 bridgehead atoms. The molecule has 1 aromatic carbocycles. The highest BCUT2D eigenvalue weighted by molar-refractivity contribution is 7.89. The van der Waals surface area contributed by atoms with Crippen molar-refractivity contribution < 1.29 is 8.42 Å². The van der Waals surface area contributed by atoms with Crippen molar-refractivity contribution in [2.45, 2.75) is 6.04 Å². The number of nitrogens with one attached hydrogen (secondary N) is 1. The van der Waals surface area contributed by atoms with Crippen molar-refractivity contribution in [3.63, 3.8) is 0 Å². The molecule has 0 aromatic heterocycles. The summed E-state index contributed by atoms with van der Waals surface area (Å²) in [5, 5.41) is 3.37. The van der Waals surface area contributed by atoms with Crippen LogP contribution in [0.2, 0.25) is 0 Å². The molecule has 1 aromatic rings. The first-order chi connectivity index (χ1) is 7.47. The van der Waals surface area contributed by atoms with E-state index in [1.165, 1.54) is 14.1 Å². The van der Waals surface area contributed by atoms with Gasteiger partial charge in [-0.15, -0.1) is 0 Å². The SMILES string of the molecule is CN(C)S(=O)(=O)CC(N=N)c1ccccc1. The zero-order valence-corrected chi connectivity index (χ0v) is 10.1. The van der Waals surface area contributed by atoms with E-state index < -0.39 is 16.1 Å². The van der Waals surface area contributed by atoms with E-state index in [4.69, 9.17) is 5.53 Å². The van der Waals surface area contributed by atoms with Gasteiger partial charge < -0.3 is 0 Å². The molecule has 0 aliphatic carbocycles. The maximum Gasteiger partial charge on any atom is 0.216 e. The average Bonchev–Trinajstić information content (AvgIpc) is 2.27. The van der Waals surface area contributed by atoms with Gasteiger partial charge in [0, 0.05) is 14.1 Å². The van der Waals surface area contributed by atoms with Gasteiger partial charge in [0.15, 0.2) is 0 Å². The number of hydrogen-bond acceptors (Lipinski definition) is 4. The van der Waals surface area contributed by atoms with Gasteiger partial charge in [-0.3, -0.25) is 0 Å². The van der Waals surface area contributed by atoms with Gasteiger partial charge in [-0.2, -0.15) is 5.11 Å². The van der Waals surface area contributed by atoms with Crippen LogP contribution in [0.25, 0.3) is 0 Å². The Hall–Kier alpha value is -1.27. The van der Waals surface area contributed by atoms with Crippen molar-refractivity contribution in [3.05, 3.63) is 35.9 Å². The van der Waals surface area contributed by atoms with Gasteiger partial charge >= 0.3 is 0 Å². The Morgan fingerprint density at radius 3 is 2.31 bits per heavy atom. The minimum atomic E-state index is -3.34. The summed E-state index contributed by atoms with van der Waals surface area (Å²) in [5.74, 6) is -0.173. The molecular formula is C10H15N3O2S. The third-order valence-corrected chi connectivity index (χ3v) is 4.11. The van der Waals surface area contributed by atoms with Crippen molar-refractivity contribution in [1.29, 1.82) is 5.53 Å². The van der Waals surface area contributed by atoms with Crippen LogP contribution in [0.4, 0.5) is 0 Å². The predicted molar refractivity (Wildman–Crippen MR) is 61.8 cm³/mol. The van der Waals surface area contributed by atoms with E-state index in [1.807, 2.05) is 6.07 Å². The summed E-state index contributed by atoms with van der Waals surface area (Å²) in [5.41, 5.74) is 7.80. The molecule has 0 fully saturated rings. The number of rotatable bonds is 5. The summed E-state index contributed by atoms with van der Waals surface area (Å²) in [4.78, 5) is 0. The third kappa shape index (κ3) is 3.11. The predicted octanol–water partition coefficient (Wildman–Crippen LogP) is 1.65. The Labute approximate surface area is 95.6 Å². The van der Waals surface area contributed by atoms with Crippen LogP contribution in [0.3, 0.4) is 0 Å². The van der Waals surface area contributed by atoms with Crippen LogP contribution >= 0.6 is 0 Å². The monoisotopic (exact) mass is 241 g/mol. The molecule has 0 radical (unpaired) electrons. The van der Waals surface area contributed by atoms with E-state index >= 15 is 0 Å². The molecule has 5 nitrogen and oxygen atoms in total. The zero-order valence-electron chi connectivity index (χ0n) is 9.29. The first-order valence-electron chi connectivity index (χ1n) is 4.79. The topological polar surface area (TPSA) is 73.6 Å². The molecule has 0 amide bonds. The molecule has 0 saturated heterocycles. The summed E-state index contributed by atoms with van der Waals surface area (Å²) in [6, 6.07) is 8.35. The highest BCUT2D eigenvalue weighted by Gasteiger charge is 2.21. The van der Waals surface area contributed by atoms with Gasteiger partial charge in [-0.05, 0) is 5.56 Å². The number of hydrogen-bond donors (Lipinski definition) is 1. The van der Waals surface area contributed by atoms with Gasteiger partial charge in [0.05, 0.1) is 5.75 Å². The first-order valence-corrected chi connectivity index (χ1v) is 6.40. The fraction of sp³-hybridized carbons (Fsp3) is 0.400. The van der Waals surface area contributed by atoms with E-state index in [1.54, 1.807) is 24.3 Å². The second-order valence-corrected chi connectivity index (χ2v) is 5.84. The highest BCUT2D eigenvalue weighted by Crippen LogP contribution is 2.19. The molecule has 1 unspecified atom stereocenters. The first kappa shape index (κ1) is 12.8. The molecule has 1 rings (SSSR count). The summed E-state index contributed by atoms with van der Waals surface area (Å²) in [6.45, 7) is 0. The summed E-state index contributed by atoms with van der Waals surface area (Å²) >= 11 is 0. The van der Waals surface area contributed by atoms with Crippen LogP contribution in [0, 0.1) is 5.53 Å². The van der Waals surface area contributed by atoms with Crippen LogP contribution in [0.1, 0.15) is 11.6 Å². The minimum Gasteiger partial charge on any atom is -0.212 e. The summed E-state index contributed by atoms with van der Waals surface area (Å²) < 4.78 is 24.5. The maximum absolute atomic E-state index is 11.7. The van der Waals surface area contributed by atoms with Gasteiger partial charge in [-0.25, -0.2) is 18.3 Å². The van der Waals surface area contributed by atoms with Crippen molar-refractivity contribution in [1.82, 2.24) is 4.31 Å². The summed E-state index contributed by atoms with van der Waals surface area (Å²) in [7, 11) is -0.391. The molecule has 16 heavy (non-hydrogen) atoms. The number of sulfonamides is 1. The molecule has 0 saturated carbocycles. The molecule has 1 N–H and O–H groups in total. The van der Waals surface area contributed by atoms with Crippen LogP contribution in [0.5, 0.6) is 0 Å². The molecule has 0 spiro atoms. The molecule has 0 heterocycles. The van der Waals surface area contributed by atoms with E-state index in [9.17, 15) is 8.42 Å². The normalized spacial score (nSPS) is 13.7. The van der Waals surface area contributed by atoms with Gasteiger partial charge in [0.1, 0.15) is 6.04 Å². The summed E-state index contributed by atoms with van der Waals surface area (Å²) in [6.07, 6.45) is 0. The lowest BCUT2D eigenvalue weighted by molar-refractivity contribution is 0.512. The lowest BCUT2D eigenvalue weighted by Gasteiger charge is -2.15. The Bertz CT molecular complexity index is 442. The van der Waals surface area contributed by atoms with Crippen LogP contribution in [-0.4, -0.2) is 32.6 Å². The number of benzene rings is 1. The number of nitrogens with zero attached hydrogens (tertiary/aromatic N) is 2. The zero-order chi connectivity index (χ0) is 12.2.